The number of furan rings is 1. The van der Waals surface area contributed by atoms with Crippen LogP contribution in [0.2, 0.25) is 0 Å². The first-order chi connectivity index (χ1) is 12.0. The molecule has 0 spiro atoms. The lowest BCUT2D eigenvalue weighted by molar-refractivity contribution is -0.142. The second-order valence-corrected chi connectivity index (χ2v) is 6.81. The third-order valence-electron chi connectivity index (χ3n) is 4.83. The number of carboxylic acid groups (broad SMARTS) is 1. The summed E-state index contributed by atoms with van der Waals surface area (Å²) in [4.78, 5) is 26.0. The van der Waals surface area contributed by atoms with Crippen LogP contribution in [0.25, 0.3) is 0 Å². The monoisotopic (exact) mass is 341 g/mol. The first kappa shape index (κ1) is 17.3. The first-order valence-corrected chi connectivity index (χ1v) is 8.62. The van der Waals surface area contributed by atoms with Crippen molar-refractivity contribution in [2.45, 2.75) is 39.3 Å². The summed E-state index contributed by atoms with van der Waals surface area (Å²) < 4.78 is 5.41. The van der Waals surface area contributed by atoms with Gasteiger partial charge in [-0.25, -0.2) is 0 Å². The molecule has 0 aliphatic heterocycles. The summed E-state index contributed by atoms with van der Waals surface area (Å²) in [5, 5.41) is 9.18. The molecule has 2 aromatic rings. The molecule has 0 unspecified atom stereocenters. The van der Waals surface area contributed by atoms with Crippen molar-refractivity contribution < 1.29 is 19.1 Å². The van der Waals surface area contributed by atoms with E-state index >= 15 is 0 Å². The van der Waals surface area contributed by atoms with Crippen LogP contribution in [0, 0.1) is 18.8 Å². The van der Waals surface area contributed by atoms with Crippen molar-refractivity contribution in [1.82, 2.24) is 4.90 Å². The fourth-order valence-corrected chi connectivity index (χ4v) is 3.52. The van der Waals surface area contributed by atoms with Crippen LogP contribution in [-0.2, 0) is 22.7 Å². The Balaban J connectivity index is 1.76. The number of rotatable bonds is 6. The molecular formula is C20H23NO4. The van der Waals surface area contributed by atoms with E-state index in [-0.39, 0.29) is 11.8 Å². The van der Waals surface area contributed by atoms with Crippen molar-refractivity contribution >= 4 is 11.9 Å². The molecule has 1 aromatic carbocycles. The Morgan fingerprint density at radius 2 is 1.96 bits per heavy atom. The molecule has 1 aliphatic rings. The highest BCUT2D eigenvalue weighted by Gasteiger charge is 2.36. The van der Waals surface area contributed by atoms with Gasteiger partial charge in [-0.05, 0) is 43.9 Å². The Morgan fingerprint density at radius 1 is 1.16 bits per heavy atom. The number of benzene rings is 1. The van der Waals surface area contributed by atoms with E-state index < -0.39 is 11.9 Å². The van der Waals surface area contributed by atoms with E-state index in [0.717, 1.165) is 16.9 Å². The summed E-state index contributed by atoms with van der Waals surface area (Å²) in [5.74, 6) is -0.679. The standard InChI is InChI=1S/C20H23NO4/c1-14-4-2-5-15(10-14)12-21(13-18-6-3-9-25-18)19(22)16-7-8-17(11-16)20(23)24/h2-6,9-10,16-17H,7-8,11-13H2,1H3,(H,23,24)/t16-,17+/m1/s1. The first-order valence-electron chi connectivity index (χ1n) is 8.62. The van der Waals surface area contributed by atoms with Crippen molar-refractivity contribution in [3.63, 3.8) is 0 Å². The molecular weight excluding hydrogens is 318 g/mol. The van der Waals surface area contributed by atoms with E-state index in [0.29, 0.717) is 32.4 Å². The van der Waals surface area contributed by atoms with Gasteiger partial charge in [-0.2, -0.15) is 0 Å². The summed E-state index contributed by atoms with van der Waals surface area (Å²) in [7, 11) is 0. The second kappa shape index (κ2) is 7.55. The SMILES string of the molecule is Cc1cccc(CN(Cc2ccco2)C(=O)[C@@H]2CC[C@H](C(=O)O)C2)c1. The van der Waals surface area contributed by atoms with E-state index in [1.165, 1.54) is 0 Å². The molecule has 5 heteroatoms. The summed E-state index contributed by atoms with van der Waals surface area (Å²) >= 11 is 0. The number of carbonyl (C=O) groups is 2. The molecule has 1 amide bonds. The molecule has 5 nitrogen and oxygen atoms in total. The lowest BCUT2D eigenvalue weighted by Gasteiger charge is -2.25. The van der Waals surface area contributed by atoms with Gasteiger partial charge in [0.25, 0.3) is 0 Å². The quantitative estimate of drug-likeness (QED) is 0.871. The van der Waals surface area contributed by atoms with Crippen LogP contribution >= 0.6 is 0 Å². The lowest BCUT2D eigenvalue weighted by Crippen LogP contribution is -2.34. The van der Waals surface area contributed by atoms with E-state index in [4.69, 9.17) is 4.42 Å². The minimum Gasteiger partial charge on any atom is -0.481 e. The summed E-state index contributed by atoms with van der Waals surface area (Å²) in [6, 6.07) is 11.7. The van der Waals surface area contributed by atoms with Crippen molar-refractivity contribution in [2.75, 3.05) is 0 Å². The molecule has 1 saturated carbocycles. The zero-order chi connectivity index (χ0) is 17.8. The second-order valence-electron chi connectivity index (χ2n) is 6.81. The van der Waals surface area contributed by atoms with Crippen LogP contribution in [0.1, 0.15) is 36.1 Å². The van der Waals surface area contributed by atoms with Crippen molar-refractivity contribution in [3.05, 3.63) is 59.5 Å². The normalized spacial score (nSPS) is 19.7. The van der Waals surface area contributed by atoms with Gasteiger partial charge in [0, 0.05) is 12.5 Å². The number of carbonyl (C=O) groups excluding carboxylic acids is 1. The Bertz CT molecular complexity index is 738. The maximum Gasteiger partial charge on any atom is 0.306 e. The van der Waals surface area contributed by atoms with Crippen molar-refractivity contribution in [2.24, 2.45) is 11.8 Å². The molecule has 1 N–H and O–H groups in total. The molecule has 1 aromatic heterocycles. The minimum absolute atomic E-state index is 0.0154. The molecule has 0 saturated heterocycles. The van der Waals surface area contributed by atoms with Crippen molar-refractivity contribution in [3.8, 4) is 0 Å². The number of amides is 1. The predicted molar refractivity (Wildman–Crippen MR) is 92.6 cm³/mol. The summed E-state index contributed by atoms with van der Waals surface area (Å²) in [5.41, 5.74) is 2.21. The number of aliphatic carboxylic acids is 1. The maximum absolute atomic E-state index is 13.0. The molecule has 1 aliphatic carbocycles. The zero-order valence-corrected chi connectivity index (χ0v) is 14.4. The number of hydrogen-bond donors (Lipinski definition) is 1. The van der Waals surface area contributed by atoms with Crippen LogP contribution in [0.4, 0.5) is 0 Å². The van der Waals surface area contributed by atoms with Gasteiger partial charge in [0.1, 0.15) is 5.76 Å². The van der Waals surface area contributed by atoms with Gasteiger partial charge in [-0.15, -0.1) is 0 Å². The average Bonchev–Trinajstić information content (AvgIpc) is 3.25. The Hall–Kier alpha value is -2.56. The van der Waals surface area contributed by atoms with Gasteiger partial charge in [-0.3, -0.25) is 9.59 Å². The smallest absolute Gasteiger partial charge is 0.306 e. The van der Waals surface area contributed by atoms with Crippen molar-refractivity contribution in [1.29, 1.82) is 0 Å². The molecule has 2 atom stereocenters. The molecule has 3 rings (SSSR count). The van der Waals surface area contributed by atoms with Crippen LogP contribution in [0.3, 0.4) is 0 Å². The van der Waals surface area contributed by atoms with Crippen LogP contribution in [0.15, 0.2) is 47.1 Å². The third kappa shape index (κ3) is 4.29. The molecule has 0 bridgehead atoms. The Kier molecular flexibility index (Phi) is 5.22. The molecule has 132 valence electrons. The van der Waals surface area contributed by atoms with Gasteiger partial charge in [0.2, 0.25) is 5.91 Å². The minimum atomic E-state index is -0.799. The van der Waals surface area contributed by atoms with E-state index in [1.807, 2.05) is 31.2 Å². The van der Waals surface area contributed by atoms with Gasteiger partial charge in [0.05, 0.1) is 18.7 Å². The van der Waals surface area contributed by atoms with Gasteiger partial charge in [0.15, 0.2) is 0 Å². The summed E-state index contributed by atoms with van der Waals surface area (Å²) in [6.07, 6.45) is 3.24. The lowest BCUT2D eigenvalue weighted by atomic mass is 10.0. The molecule has 25 heavy (non-hydrogen) atoms. The number of hydrogen-bond acceptors (Lipinski definition) is 3. The van der Waals surface area contributed by atoms with Crippen LogP contribution in [-0.4, -0.2) is 21.9 Å². The number of nitrogens with zero attached hydrogens (tertiary/aromatic N) is 1. The zero-order valence-electron chi connectivity index (χ0n) is 14.4. The number of carboxylic acids is 1. The van der Waals surface area contributed by atoms with Gasteiger partial charge < -0.3 is 14.4 Å². The highest BCUT2D eigenvalue weighted by atomic mass is 16.4. The van der Waals surface area contributed by atoms with E-state index in [9.17, 15) is 14.7 Å². The highest BCUT2D eigenvalue weighted by molar-refractivity contribution is 5.81. The van der Waals surface area contributed by atoms with Gasteiger partial charge in [-0.1, -0.05) is 29.8 Å². The van der Waals surface area contributed by atoms with Crippen LogP contribution in [0.5, 0.6) is 0 Å². The van der Waals surface area contributed by atoms with E-state index in [2.05, 4.69) is 6.07 Å². The summed E-state index contributed by atoms with van der Waals surface area (Å²) in [6.45, 7) is 2.92. The Morgan fingerprint density at radius 3 is 2.60 bits per heavy atom. The van der Waals surface area contributed by atoms with Gasteiger partial charge >= 0.3 is 5.97 Å². The molecule has 0 radical (unpaired) electrons. The fraction of sp³-hybridized carbons (Fsp3) is 0.400. The maximum atomic E-state index is 13.0. The highest BCUT2D eigenvalue weighted by Crippen LogP contribution is 2.33. The fourth-order valence-electron chi connectivity index (χ4n) is 3.52. The number of aryl methyl sites for hydroxylation is 1. The predicted octanol–water partition coefficient (Wildman–Crippen LogP) is 3.62. The Labute approximate surface area is 147 Å². The topological polar surface area (TPSA) is 70.8 Å². The third-order valence-corrected chi connectivity index (χ3v) is 4.83. The molecule has 1 heterocycles. The largest absolute Gasteiger partial charge is 0.481 e. The van der Waals surface area contributed by atoms with Crippen LogP contribution < -0.4 is 0 Å². The molecule has 1 fully saturated rings. The van der Waals surface area contributed by atoms with E-state index in [1.54, 1.807) is 17.2 Å². The average molecular weight is 341 g/mol.